The third-order valence-corrected chi connectivity index (χ3v) is 4.29. The number of hydrogen-bond acceptors (Lipinski definition) is 4. The topological polar surface area (TPSA) is 55.2 Å². The normalized spacial score (nSPS) is 12.4. The van der Waals surface area contributed by atoms with Crippen LogP contribution in [0, 0.1) is 10.1 Å². The molecule has 94 valence electrons. The lowest BCUT2D eigenvalue weighted by molar-refractivity contribution is -0.385. The lowest BCUT2D eigenvalue weighted by atomic mass is 10.2. The zero-order valence-corrected chi connectivity index (χ0v) is 12.2. The molecule has 0 saturated heterocycles. The summed E-state index contributed by atoms with van der Waals surface area (Å²) in [4.78, 5) is 10.4. The number of rotatable bonds is 6. The van der Waals surface area contributed by atoms with E-state index < -0.39 is 0 Å². The molecule has 0 amide bonds. The van der Waals surface area contributed by atoms with Crippen LogP contribution in [0.5, 0.6) is 0 Å². The van der Waals surface area contributed by atoms with Gasteiger partial charge in [0.1, 0.15) is 0 Å². The summed E-state index contributed by atoms with van der Waals surface area (Å²) in [6.07, 6.45) is 2.07. The van der Waals surface area contributed by atoms with Crippen molar-refractivity contribution in [2.45, 2.75) is 18.7 Å². The summed E-state index contributed by atoms with van der Waals surface area (Å²) in [6, 6.07) is 5.09. The molecule has 1 aromatic rings. The third kappa shape index (κ3) is 4.29. The minimum atomic E-state index is -0.377. The van der Waals surface area contributed by atoms with Crippen LogP contribution in [0.25, 0.3) is 0 Å². The van der Waals surface area contributed by atoms with Gasteiger partial charge in [0.05, 0.1) is 9.40 Å². The van der Waals surface area contributed by atoms with Crippen LogP contribution in [-0.4, -0.2) is 23.0 Å². The summed E-state index contributed by atoms with van der Waals surface area (Å²) in [5.41, 5.74) is 1.02. The predicted octanol–water partition coefficient (Wildman–Crippen LogP) is 3.20. The van der Waals surface area contributed by atoms with Gasteiger partial charge in [-0.05, 0) is 27.7 Å². The summed E-state index contributed by atoms with van der Waals surface area (Å²) in [5.74, 6) is 0. The molecule has 6 heteroatoms. The summed E-state index contributed by atoms with van der Waals surface area (Å²) in [6.45, 7) is 3.66. The maximum Gasteiger partial charge on any atom is 0.283 e. The van der Waals surface area contributed by atoms with Crippen LogP contribution in [0.3, 0.4) is 0 Å². The van der Waals surface area contributed by atoms with Gasteiger partial charge in [-0.3, -0.25) is 10.1 Å². The first kappa shape index (κ1) is 14.5. The van der Waals surface area contributed by atoms with Gasteiger partial charge >= 0.3 is 0 Å². The molecule has 1 N–H and O–H groups in total. The SMILES string of the molecule is CSC(C)CNCc1cccc([N+](=O)[O-])c1Br. The van der Waals surface area contributed by atoms with Crippen molar-refractivity contribution in [1.29, 1.82) is 0 Å². The van der Waals surface area contributed by atoms with Gasteiger partial charge in [0.15, 0.2) is 0 Å². The minimum Gasteiger partial charge on any atom is -0.312 e. The fourth-order valence-electron chi connectivity index (χ4n) is 1.34. The van der Waals surface area contributed by atoms with Gasteiger partial charge in [0, 0.05) is 24.4 Å². The van der Waals surface area contributed by atoms with E-state index in [1.54, 1.807) is 17.8 Å². The van der Waals surface area contributed by atoms with Crippen molar-refractivity contribution < 1.29 is 4.92 Å². The molecule has 0 spiro atoms. The number of hydrogen-bond donors (Lipinski definition) is 1. The van der Waals surface area contributed by atoms with Crippen LogP contribution in [0.2, 0.25) is 0 Å². The molecule has 0 aliphatic heterocycles. The molecule has 1 rings (SSSR count). The number of benzene rings is 1. The third-order valence-electron chi connectivity index (χ3n) is 2.40. The maximum atomic E-state index is 10.8. The second kappa shape index (κ2) is 6.98. The van der Waals surface area contributed by atoms with Crippen LogP contribution in [0.15, 0.2) is 22.7 Å². The van der Waals surface area contributed by atoms with Crippen molar-refractivity contribution in [3.8, 4) is 0 Å². The summed E-state index contributed by atoms with van der Waals surface area (Å²) < 4.78 is 0.564. The van der Waals surface area contributed by atoms with Crippen LogP contribution in [-0.2, 0) is 6.54 Å². The molecule has 0 radical (unpaired) electrons. The highest BCUT2D eigenvalue weighted by atomic mass is 79.9. The van der Waals surface area contributed by atoms with E-state index >= 15 is 0 Å². The van der Waals surface area contributed by atoms with Crippen LogP contribution >= 0.6 is 27.7 Å². The molecule has 4 nitrogen and oxygen atoms in total. The Morgan fingerprint density at radius 2 is 2.29 bits per heavy atom. The predicted molar refractivity (Wildman–Crippen MR) is 75.5 cm³/mol. The average molecular weight is 319 g/mol. The van der Waals surface area contributed by atoms with Crippen LogP contribution < -0.4 is 5.32 Å². The summed E-state index contributed by atoms with van der Waals surface area (Å²) in [7, 11) is 0. The molecule has 1 unspecified atom stereocenters. The Morgan fingerprint density at radius 1 is 1.59 bits per heavy atom. The van der Waals surface area contributed by atoms with Crippen molar-refractivity contribution in [1.82, 2.24) is 5.32 Å². The summed E-state index contributed by atoms with van der Waals surface area (Å²) >= 11 is 5.07. The Labute approximate surface area is 113 Å². The molecular formula is C11H15BrN2O2S. The van der Waals surface area contributed by atoms with E-state index in [9.17, 15) is 10.1 Å². The Kier molecular flexibility index (Phi) is 5.94. The number of nitrogens with zero attached hydrogens (tertiary/aromatic N) is 1. The van der Waals surface area contributed by atoms with Gasteiger partial charge in [-0.1, -0.05) is 19.1 Å². The fraction of sp³-hybridized carbons (Fsp3) is 0.455. The zero-order chi connectivity index (χ0) is 12.8. The smallest absolute Gasteiger partial charge is 0.283 e. The van der Waals surface area contributed by atoms with Crippen molar-refractivity contribution in [2.24, 2.45) is 0 Å². The Bertz CT molecular complexity index is 401. The van der Waals surface area contributed by atoms with Gasteiger partial charge in [-0.15, -0.1) is 0 Å². The van der Waals surface area contributed by atoms with E-state index in [1.807, 2.05) is 6.07 Å². The molecule has 0 fully saturated rings. The van der Waals surface area contributed by atoms with Gasteiger partial charge in [-0.2, -0.15) is 11.8 Å². The second-order valence-electron chi connectivity index (χ2n) is 3.68. The number of thioether (sulfide) groups is 1. The molecule has 1 atom stereocenters. The highest BCUT2D eigenvalue weighted by Gasteiger charge is 2.14. The second-order valence-corrected chi connectivity index (χ2v) is 5.75. The monoisotopic (exact) mass is 318 g/mol. The highest BCUT2D eigenvalue weighted by Crippen LogP contribution is 2.28. The van der Waals surface area contributed by atoms with Crippen molar-refractivity contribution in [2.75, 3.05) is 12.8 Å². The van der Waals surface area contributed by atoms with Crippen LogP contribution in [0.4, 0.5) is 5.69 Å². The average Bonchev–Trinajstić information content (AvgIpc) is 2.30. The van der Waals surface area contributed by atoms with Gasteiger partial charge in [-0.25, -0.2) is 0 Å². The van der Waals surface area contributed by atoms with E-state index in [0.717, 1.165) is 12.1 Å². The standard InChI is InChI=1S/C11H15BrN2O2S/c1-8(17-2)6-13-7-9-4-3-5-10(11(9)12)14(15)16/h3-5,8,13H,6-7H2,1-2H3. The first-order valence-electron chi connectivity index (χ1n) is 5.21. The van der Waals surface area contributed by atoms with E-state index in [-0.39, 0.29) is 10.6 Å². The van der Waals surface area contributed by atoms with Gasteiger partial charge in [0.2, 0.25) is 0 Å². The summed E-state index contributed by atoms with van der Waals surface area (Å²) in [5, 5.41) is 14.6. The van der Waals surface area contributed by atoms with Gasteiger partial charge < -0.3 is 5.32 Å². The van der Waals surface area contributed by atoms with Gasteiger partial charge in [0.25, 0.3) is 5.69 Å². The molecule has 0 bridgehead atoms. The first-order chi connectivity index (χ1) is 8.06. The van der Waals surface area contributed by atoms with E-state index in [2.05, 4.69) is 34.4 Å². The van der Waals surface area contributed by atoms with E-state index in [1.165, 1.54) is 6.07 Å². The maximum absolute atomic E-state index is 10.8. The molecule has 0 heterocycles. The van der Waals surface area contributed by atoms with Crippen molar-refractivity contribution in [3.05, 3.63) is 38.3 Å². The molecule has 0 saturated carbocycles. The number of nitro groups is 1. The fourth-order valence-corrected chi connectivity index (χ4v) is 2.17. The van der Waals surface area contributed by atoms with Crippen molar-refractivity contribution in [3.63, 3.8) is 0 Å². The molecular weight excluding hydrogens is 304 g/mol. The molecule has 17 heavy (non-hydrogen) atoms. The highest BCUT2D eigenvalue weighted by molar-refractivity contribution is 9.10. The Balaban J connectivity index is 2.66. The molecule has 0 aromatic heterocycles. The molecule has 0 aliphatic rings. The number of nitrogens with one attached hydrogen (secondary N) is 1. The minimum absolute atomic E-state index is 0.113. The first-order valence-corrected chi connectivity index (χ1v) is 7.29. The molecule has 0 aliphatic carbocycles. The number of nitro benzene ring substituents is 1. The Hall–Kier alpha value is -0.590. The molecule has 1 aromatic carbocycles. The Morgan fingerprint density at radius 3 is 2.88 bits per heavy atom. The largest absolute Gasteiger partial charge is 0.312 e. The lowest BCUT2D eigenvalue weighted by Gasteiger charge is -2.10. The van der Waals surface area contributed by atoms with Crippen LogP contribution in [0.1, 0.15) is 12.5 Å². The van der Waals surface area contributed by atoms with E-state index in [4.69, 9.17) is 0 Å². The quantitative estimate of drug-likeness (QED) is 0.646. The lowest BCUT2D eigenvalue weighted by Crippen LogP contribution is -2.22. The van der Waals surface area contributed by atoms with Crippen molar-refractivity contribution >= 4 is 33.4 Å². The van der Waals surface area contributed by atoms with E-state index in [0.29, 0.717) is 16.3 Å². The number of halogens is 1. The zero-order valence-electron chi connectivity index (χ0n) is 9.77.